The molecule has 0 bridgehead atoms. The highest BCUT2D eigenvalue weighted by molar-refractivity contribution is 8.00. The van der Waals surface area contributed by atoms with E-state index in [-0.39, 0.29) is 0 Å². The van der Waals surface area contributed by atoms with Crippen molar-refractivity contribution in [2.45, 2.75) is 17.2 Å². The van der Waals surface area contributed by atoms with Crippen molar-refractivity contribution >= 4 is 17.6 Å². The zero-order chi connectivity index (χ0) is 7.84. The molecule has 0 spiro atoms. The minimum atomic E-state index is 0.513. The molecule has 0 aliphatic carbocycles. The van der Waals surface area contributed by atoms with Gasteiger partial charge in [-0.2, -0.15) is 0 Å². The zero-order valence-corrected chi connectivity index (χ0v) is 7.48. The summed E-state index contributed by atoms with van der Waals surface area (Å²) in [7, 11) is 2.06. The van der Waals surface area contributed by atoms with Crippen LogP contribution in [0.1, 0.15) is 6.92 Å². The maximum Gasteiger partial charge on any atom is 0.289 e. The number of hydrogen-bond donors (Lipinski definition) is 1. The Bertz CT molecular complexity index is 285. The molecule has 1 unspecified atom stereocenters. The monoisotopic (exact) mass is 167 g/mol. The Kier molecular flexibility index (Phi) is 1.53. The van der Waals surface area contributed by atoms with Gasteiger partial charge in [-0.3, -0.25) is 5.32 Å². The summed E-state index contributed by atoms with van der Waals surface area (Å²) in [5.41, 5.74) is 0. The van der Waals surface area contributed by atoms with Gasteiger partial charge in [0.05, 0.1) is 13.2 Å². The van der Waals surface area contributed by atoms with Gasteiger partial charge in [0.1, 0.15) is 10.3 Å². The third kappa shape index (κ3) is 1.09. The van der Waals surface area contributed by atoms with Crippen LogP contribution in [0.2, 0.25) is 0 Å². The second-order valence-corrected chi connectivity index (χ2v) is 4.12. The van der Waals surface area contributed by atoms with Crippen molar-refractivity contribution in [3.63, 3.8) is 0 Å². The van der Waals surface area contributed by atoms with Crippen molar-refractivity contribution in [2.75, 3.05) is 5.32 Å². The molecule has 0 radical (unpaired) electrons. The molecule has 2 rings (SSSR count). The summed E-state index contributed by atoms with van der Waals surface area (Å²) in [5.74, 6) is 1.24. The molecule has 1 aromatic heterocycles. The summed E-state index contributed by atoms with van der Waals surface area (Å²) >= 11 is 1.87. The predicted molar refractivity (Wildman–Crippen MR) is 46.6 cm³/mol. The molecule has 2 nitrogen and oxygen atoms in total. The van der Waals surface area contributed by atoms with Gasteiger partial charge in [-0.25, -0.2) is 4.57 Å². The molecule has 3 heteroatoms. The lowest BCUT2D eigenvalue weighted by molar-refractivity contribution is -0.658. The first-order valence-corrected chi connectivity index (χ1v) is 4.57. The van der Waals surface area contributed by atoms with E-state index in [2.05, 4.69) is 42.2 Å². The van der Waals surface area contributed by atoms with Crippen LogP contribution in [0.4, 0.5) is 5.82 Å². The summed E-state index contributed by atoms with van der Waals surface area (Å²) in [6, 6.07) is 4.22. The highest BCUT2D eigenvalue weighted by Crippen LogP contribution is 2.34. The van der Waals surface area contributed by atoms with E-state index in [1.165, 1.54) is 10.7 Å². The largest absolute Gasteiger partial charge is 0.289 e. The molecular weight excluding hydrogens is 156 g/mol. The normalized spacial score (nSPS) is 21.1. The molecule has 0 saturated carbocycles. The zero-order valence-electron chi connectivity index (χ0n) is 6.66. The summed E-state index contributed by atoms with van der Waals surface area (Å²) in [6.45, 7) is 2.17. The number of fused-ring (bicyclic) bond motifs is 1. The maximum absolute atomic E-state index is 3.39. The number of hydrogen-bond acceptors (Lipinski definition) is 2. The second-order valence-electron chi connectivity index (χ2n) is 2.74. The minimum Gasteiger partial charge on any atom is -0.261 e. The summed E-state index contributed by atoms with van der Waals surface area (Å²) < 4.78 is 2.12. The van der Waals surface area contributed by atoms with Crippen molar-refractivity contribution < 1.29 is 4.57 Å². The molecule has 2 heterocycles. The van der Waals surface area contributed by atoms with E-state index in [0.717, 1.165) is 0 Å². The Hall–Kier alpha value is -0.700. The molecule has 11 heavy (non-hydrogen) atoms. The Morgan fingerprint density at radius 2 is 2.45 bits per heavy atom. The van der Waals surface area contributed by atoms with Gasteiger partial charge in [-0.05, 0) is 19.1 Å². The lowest BCUT2D eigenvalue weighted by Crippen LogP contribution is -2.31. The van der Waals surface area contributed by atoms with Crippen LogP contribution in [0, 0.1) is 0 Å². The van der Waals surface area contributed by atoms with Crippen LogP contribution in [0.15, 0.2) is 23.2 Å². The minimum absolute atomic E-state index is 0.513. The molecule has 0 fully saturated rings. The van der Waals surface area contributed by atoms with Gasteiger partial charge in [0.25, 0.3) is 5.82 Å². The lowest BCUT2D eigenvalue weighted by Gasteiger charge is -1.96. The van der Waals surface area contributed by atoms with E-state index in [1.54, 1.807) is 0 Å². The van der Waals surface area contributed by atoms with Crippen molar-refractivity contribution in [3.8, 4) is 0 Å². The van der Waals surface area contributed by atoms with E-state index >= 15 is 0 Å². The topological polar surface area (TPSA) is 15.9 Å². The van der Waals surface area contributed by atoms with Gasteiger partial charge in [-0.15, -0.1) is 0 Å². The number of aryl methyl sites for hydroxylation is 1. The average molecular weight is 167 g/mol. The summed E-state index contributed by atoms with van der Waals surface area (Å²) in [4.78, 5) is 1.35. The van der Waals surface area contributed by atoms with Crippen molar-refractivity contribution in [1.29, 1.82) is 0 Å². The predicted octanol–water partition coefficient (Wildman–Crippen LogP) is 1.37. The molecule has 1 aliphatic heterocycles. The first-order chi connectivity index (χ1) is 5.27. The lowest BCUT2D eigenvalue weighted by atomic mass is 10.4. The third-order valence-electron chi connectivity index (χ3n) is 1.79. The fourth-order valence-electron chi connectivity index (χ4n) is 1.27. The van der Waals surface area contributed by atoms with Crippen LogP contribution in [-0.4, -0.2) is 5.37 Å². The molecule has 1 aliphatic rings. The highest BCUT2D eigenvalue weighted by Gasteiger charge is 2.25. The molecule has 1 atom stereocenters. The van der Waals surface area contributed by atoms with Crippen LogP contribution in [0.25, 0.3) is 0 Å². The van der Waals surface area contributed by atoms with Gasteiger partial charge in [0.15, 0.2) is 0 Å². The number of nitrogens with one attached hydrogen (secondary N) is 1. The van der Waals surface area contributed by atoms with Crippen LogP contribution < -0.4 is 9.88 Å². The first-order valence-electron chi connectivity index (χ1n) is 3.69. The molecule has 1 aromatic rings. The fraction of sp³-hybridized carbons (Fsp3) is 0.375. The average Bonchev–Trinajstić information content (AvgIpc) is 2.31. The number of rotatable bonds is 0. The first kappa shape index (κ1) is 6.98. The molecular formula is C8H11N2S+. The highest BCUT2D eigenvalue weighted by atomic mass is 32.2. The summed E-state index contributed by atoms with van der Waals surface area (Å²) in [5, 5.41) is 3.90. The number of thioether (sulfide) groups is 1. The van der Waals surface area contributed by atoms with Gasteiger partial charge in [0.2, 0.25) is 0 Å². The third-order valence-corrected chi connectivity index (χ3v) is 2.84. The van der Waals surface area contributed by atoms with Gasteiger partial charge in [0, 0.05) is 0 Å². The standard InChI is InChI=1S/C8H10N2S/c1-6-9-8-7(11-6)4-3-5-10(8)2/h3-6H,1-2H3/p+1. The van der Waals surface area contributed by atoms with Gasteiger partial charge in [-0.1, -0.05) is 11.8 Å². The smallest absolute Gasteiger partial charge is 0.261 e. The van der Waals surface area contributed by atoms with E-state index in [9.17, 15) is 0 Å². The number of aromatic nitrogens is 1. The van der Waals surface area contributed by atoms with Crippen molar-refractivity contribution in [1.82, 2.24) is 0 Å². The Morgan fingerprint density at radius 3 is 3.18 bits per heavy atom. The van der Waals surface area contributed by atoms with Gasteiger partial charge >= 0.3 is 0 Å². The van der Waals surface area contributed by atoms with Crippen molar-refractivity contribution in [2.24, 2.45) is 7.05 Å². The van der Waals surface area contributed by atoms with Crippen LogP contribution in [0.3, 0.4) is 0 Å². The molecule has 0 saturated heterocycles. The van der Waals surface area contributed by atoms with Crippen LogP contribution in [0.5, 0.6) is 0 Å². The van der Waals surface area contributed by atoms with Crippen molar-refractivity contribution in [3.05, 3.63) is 18.3 Å². The molecule has 0 amide bonds. The Balaban J connectivity index is 2.49. The van der Waals surface area contributed by atoms with E-state index in [1.807, 2.05) is 11.8 Å². The number of anilines is 1. The SMILES string of the molecule is CC1Nc2c(ccc[n+]2C)S1. The molecule has 58 valence electrons. The van der Waals surface area contributed by atoms with Crippen LogP contribution >= 0.6 is 11.8 Å². The number of nitrogens with zero attached hydrogens (tertiary/aromatic N) is 1. The quantitative estimate of drug-likeness (QED) is 0.587. The number of pyridine rings is 1. The maximum atomic E-state index is 3.39. The van der Waals surface area contributed by atoms with E-state index < -0.39 is 0 Å². The van der Waals surface area contributed by atoms with E-state index in [4.69, 9.17) is 0 Å². The van der Waals surface area contributed by atoms with E-state index in [0.29, 0.717) is 5.37 Å². The van der Waals surface area contributed by atoms with Crippen LogP contribution in [-0.2, 0) is 7.05 Å². The molecule has 1 N–H and O–H groups in total. The Morgan fingerprint density at radius 1 is 1.64 bits per heavy atom. The van der Waals surface area contributed by atoms with Gasteiger partial charge < -0.3 is 0 Å². The molecule has 0 aromatic carbocycles. The second kappa shape index (κ2) is 2.41. The Labute approximate surface area is 70.6 Å². The fourth-order valence-corrected chi connectivity index (χ4v) is 2.29. The summed E-state index contributed by atoms with van der Waals surface area (Å²) in [6.07, 6.45) is 2.06.